The van der Waals surface area contributed by atoms with Gasteiger partial charge in [-0.1, -0.05) is 13.8 Å². The van der Waals surface area contributed by atoms with Crippen molar-refractivity contribution in [3.05, 3.63) is 0 Å². The summed E-state index contributed by atoms with van der Waals surface area (Å²) in [5.41, 5.74) is 0.854. The molecule has 24 heavy (non-hydrogen) atoms. The van der Waals surface area contributed by atoms with Crippen LogP contribution in [0.25, 0.3) is 0 Å². The van der Waals surface area contributed by atoms with Crippen molar-refractivity contribution in [2.75, 3.05) is 0 Å². The lowest BCUT2D eigenvalue weighted by molar-refractivity contribution is -0.166. The van der Waals surface area contributed by atoms with Gasteiger partial charge in [0.15, 0.2) is 0 Å². The van der Waals surface area contributed by atoms with Crippen LogP contribution in [-0.4, -0.2) is 17.0 Å². The Morgan fingerprint density at radius 2 is 1.71 bits per heavy atom. The highest BCUT2D eigenvalue weighted by atomic mass is 16.3. The van der Waals surface area contributed by atoms with Gasteiger partial charge in [0.1, 0.15) is 5.78 Å². The van der Waals surface area contributed by atoms with Gasteiger partial charge in [0.25, 0.3) is 0 Å². The molecule has 8 atom stereocenters. The zero-order valence-electron chi connectivity index (χ0n) is 15.5. The van der Waals surface area contributed by atoms with Crippen LogP contribution in [0, 0.1) is 39.9 Å². The Labute approximate surface area is 146 Å². The van der Waals surface area contributed by atoms with E-state index in [1.165, 1.54) is 51.4 Å². The van der Waals surface area contributed by atoms with Crippen molar-refractivity contribution in [2.24, 2.45) is 39.9 Å². The maximum Gasteiger partial charge on any atom is 0.139 e. The smallest absolute Gasteiger partial charge is 0.139 e. The summed E-state index contributed by atoms with van der Waals surface area (Å²) in [4.78, 5) is 12.6. The topological polar surface area (TPSA) is 37.3 Å². The molecule has 0 heterocycles. The Balaban J connectivity index is 1.46. The molecule has 0 saturated heterocycles. The van der Waals surface area contributed by atoms with Crippen LogP contribution in [0.4, 0.5) is 0 Å². The summed E-state index contributed by atoms with van der Waals surface area (Å²) >= 11 is 0. The van der Waals surface area contributed by atoms with Gasteiger partial charge in [-0.2, -0.15) is 0 Å². The fourth-order valence-corrected chi connectivity index (χ4v) is 8.77. The van der Waals surface area contributed by atoms with Crippen molar-refractivity contribution < 1.29 is 9.90 Å². The summed E-state index contributed by atoms with van der Waals surface area (Å²) < 4.78 is 0. The quantitative estimate of drug-likeness (QED) is 0.696. The van der Waals surface area contributed by atoms with Gasteiger partial charge in [0.2, 0.25) is 0 Å². The average molecular weight is 331 g/mol. The minimum atomic E-state index is -0.0455. The zero-order valence-corrected chi connectivity index (χ0v) is 15.5. The maximum atomic E-state index is 12.6. The molecule has 0 unspecified atom stereocenters. The highest BCUT2D eigenvalue weighted by Crippen LogP contribution is 2.73. The van der Waals surface area contributed by atoms with Crippen LogP contribution in [0.5, 0.6) is 0 Å². The van der Waals surface area contributed by atoms with E-state index in [-0.39, 0.29) is 11.5 Å². The van der Waals surface area contributed by atoms with Crippen LogP contribution in [-0.2, 0) is 4.79 Å². The summed E-state index contributed by atoms with van der Waals surface area (Å²) in [7, 11) is 0. The number of carbonyl (C=O) groups is 1. The minimum absolute atomic E-state index is 0.0455. The van der Waals surface area contributed by atoms with E-state index < -0.39 is 0 Å². The number of carbonyl (C=O) groups excluding carboxylic acids is 1. The molecular weight excluding hydrogens is 296 g/mol. The lowest BCUT2D eigenvalue weighted by Crippen LogP contribution is -2.58. The second-order valence-corrected chi connectivity index (χ2v) is 10.6. The van der Waals surface area contributed by atoms with Gasteiger partial charge in [-0.25, -0.2) is 0 Å². The van der Waals surface area contributed by atoms with Crippen molar-refractivity contribution in [1.29, 1.82) is 0 Å². The van der Waals surface area contributed by atoms with Gasteiger partial charge >= 0.3 is 0 Å². The lowest BCUT2D eigenvalue weighted by atomic mass is 9.41. The molecule has 0 aromatic rings. The summed E-state index contributed by atoms with van der Waals surface area (Å²) in [6.07, 6.45) is 13.1. The molecule has 5 aliphatic rings. The molecule has 0 amide bonds. The van der Waals surface area contributed by atoms with E-state index in [4.69, 9.17) is 0 Å². The Hall–Kier alpha value is -0.370. The van der Waals surface area contributed by atoms with Crippen molar-refractivity contribution in [2.45, 2.75) is 90.6 Å². The van der Waals surface area contributed by atoms with Gasteiger partial charge in [-0.15, -0.1) is 0 Å². The van der Waals surface area contributed by atoms with Crippen molar-refractivity contribution >= 4 is 5.78 Å². The highest BCUT2D eigenvalue weighted by molar-refractivity contribution is 5.91. The van der Waals surface area contributed by atoms with E-state index in [9.17, 15) is 9.90 Å². The molecule has 5 aliphatic carbocycles. The summed E-state index contributed by atoms with van der Waals surface area (Å²) in [6, 6.07) is 0. The molecule has 0 aromatic heterocycles. The molecule has 0 aliphatic heterocycles. The van der Waals surface area contributed by atoms with Crippen molar-refractivity contribution in [3.8, 4) is 0 Å². The first-order chi connectivity index (χ1) is 11.4. The summed E-state index contributed by atoms with van der Waals surface area (Å²) in [6.45, 7) is 5.05. The van der Waals surface area contributed by atoms with Crippen molar-refractivity contribution in [1.82, 2.24) is 0 Å². The first kappa shape index (κ1) is 15.9. The highest BCUT2D eigenvalue weighted by Gasteiger charge is 2.68. The maximum absolute atomic E-state index is 12.6. The van der Waals surface area contributed by atoms with Crippen LogP contribution >= 0.6 is 0 Å². The molecule has 0 bridgehead atoms. The Kier molecular flexibility index (Phi) is 3.22. The SMILES string of the molecule is C[C@]12CC[C@H](O)C[C@@H]1CC[C@@H]1[C@@H]2CC[C@@]2(C)[C@H]1CC[C@@]21CCC1=O. The Bertz CT molecular complexity index is 570. The summed E-state index contributed by atoms with van der Waals surface area (Å²) in [5, 5.41) is 10.1. The third-order valence-corrected chi connectivity index (χ3v) is 10.3. The van der Waals surface area contributed by atoms with E-state index in [0.29, 0.717) is 16.6 Å². The fourth-order valence-electron chi connectivity index (χ4n) is 8.77. The van der Waals surface area contributed by atoms with Gasteiger partial charge in [-0.3, -0.25) is 4.79 Å². The number of hydrogen-bond donors (Lipinski definition) is 1. The van der Waals surface area contributed by atoms with E-state index in [1.807, 2.05) is 0 Å². The lowest BCUT2D eigenvalue weighted by Gasteiger charge is -2.63. The predicted molar refractivity (Wildman–Crippen MR) is 94.4 cm³/mol. The van der Waals surface area contributed by atoms with E-state index in [2.05, 4.69) is 13.8 Å². The molecule has 2 heteroatoms. The Morgan fingerprint density at radius 3 is 2.42 bits per heavy atom. The molecule has 134 valence electrons. The monoisotopic (exact) mass is 330 g/mol. The third kappa shape index (κ3) is 1.70. The number of aliphatic hydroxyl groups is 1. The molecule has 0 radical (unpaired) electrons. The second kappa shape index (κ2) is 4.87. The number of hydrogen-bond acceptors (Lipinski definition) is 2. The van der Waals surface area contributed by atoms with E-state index >= 15 is 0 Å². The van der Waals surface area contributed by atoms with E-state index in [0.717, 1.165) is 42.9 Å². The molecule has 1 N–H and O–H groups in total. The fraction of sp³-hybridized carbons (Fsp3) is 0.955. The third-order valence-electron chi connectivity index (χ3n) is 10.3. The number of ketones is 1. The molecule has 5 fully saturated rings. The number of aliphatic hydroxyl groups excluding tert-OH is 1. The first-order valence-corrected chi connectivity index (χ1v) is 10.6. The normalized spacial score (nSPS) is 59.5. The van der Waals surface area contributed by atoms with Crippen LogP contribution in [0.15, 0.2) is 0 Å². The van der Waals surface area contributed by atoms with E-state index in [1.54, 1.807) is 0 Å². The van der Waals surface area contributed by atoms with Crippen LogP contribution in [0.1, 0.15) is 84.5 Å². The van der Waals surface area contributed by atoms with Gasteiger partial charge in [0, 0.05) is 11.8 Å². The predicted octanol–water partition coefficient (Wildman–Crippen LogP) is 4.74. The standard InChI is InChI=1S/C22H34O2/c1-20-9-5-15(23)13-14(20)3-4-16-17(20)6-10-21(2)18(16)7-11-22(21)12-8-19(22)24/h14-18,23H,3-13H2,1-2H3/t14-,15-,16+,17-,18-,20-,21-,22-/m0/s1. The van der Waals surface area contributed by atoms with Gasteiger partial charge < -0.3 is 5.11 Å². The minimum Gasteiger partial charge on any atom is -0.393 e. The van der Waals surface area contributed by atoms with Gasteiger partial charge in [-0.05, 0) is 98.7 Å². The number of fused-ring (bicyclic) bond motifs is 6. The molecular formula is C22H34O2. The summed E-state index contributed by atoms with van der Waals surface area (Å²) in [5.74, 6) is 3.85. The molecule has 1 spiro atoms. The number of rotatable bonds is 0. The van der Waals surface area contributed by atoms with Crippen LogP contribution in [0.2, 0.25) is 0 Å². The van der Waals surface area contributed by atoms with Gasteiger partial charge in [0.05, 0.1) is 6.10 Å². The molecule has 2 nitrogen and oxygen atoms in total. The van der Waals surface area contributed by atoms with Crippen molar-refractivity contribution in [3.63, 3.8) is 0 Å². The van der Waals surface area contributed by atoms with Crippen LogP contribution in [0.3, 0.4) is 0 Å². The molecule has 5 saturated carbocycles. The first-order valence-electron chi connectivity index (χ1n) is 10.6. The van der Waals surface area contributed by atoms with Crippen LogP contribution < -0.4 is 0 Å². The zero-order chi connectivity index (χ0) is 16.7. The molecule has 5 rings (SSSR count). The number of Topliss-reactive ketones (excluding diaryl/α,β-unsaturated/α-hetero) is 1. The average Bonchev–Trinajstić information content (AvgIpc) is 2.89. The Morgan fingerprint density at radius 1 is 0.917 bits per heavy atom. The largest absolute Gasteiger partial charge is 0.393 e. The second-order valence-electron chi connectivity index (χ2n) is 10.6. The molecule has 0 aromatic carbocycles.